The van der Waals surface area contributed by atoms with Crippen molar-refractivity contribution < 1.29 is 4.74 Å². The van der Waals surface area contributed by atoms with E-state index < -0.39 is 0 Å². The molecule has 0 amide bonds. The molecule has 0 spiro atoms. The van der Waals surface area contributed by atoms with E-state index >= 15 is 0 Å². The van der Waals surface area contributed by atoms with Crippen LogP contribution in [-0.4, -0.2) is 32.3 Å². The molecule has 0 aliphatic rings. The molecule has 1 aromatic carbocycles. The number of guanidine groups is 1. The maximum absolute atomic E-state index is 5.87. The standard InChI is InChI=1S/C15H25N3O/c1-4-13(14-8-6-5-7-9-14)10-17-15(16)18-12(2)11-19-3/h5-9,12-13H,4,10-11H2,1-3H3,(H3,16,17,18). The molecule has 0 bridgehead atoms. The average molecular weight is 263 g/mol. The highest BCUT2D eigenvalue weighted by Gasteiger charge is 2.08. The van der Waals surface area contributed by atoms with Gasteiger partial charge in [0.25, 0.3) is 0 Å². The monoisotopic (exact) mass is 263 g/mol. The Labute approximate surface area is 116 Å². The van der Waals surface area contributed by atoms with Gasteiger partial charge in [-0.3, -0.25) is 4.99 Å². The molecule has 0 aliphatic carbocycles. The molecule has 4 heteroatoms. The van der Waals surface area contributed by atoms with Crippen molar-refractivity contribution in [2.24, 2.45) is 10.7 Å². The molecule has 19 heavy (non-hydrogen) atoms. The highest BCUT2D eigenvalue weighted by Crippen LogP contribution is 2.19. The van der Waals surface area contributed by atoms with Crippen LogP contribution in [0.3, 0.4) is 0 Å². The highest BCUT2D eigenvalue weighted by molar-refractivity contribution is 5.78. The molecule has 0 aliphatic heterocycles. The third kappa shape index (κ3) is 5.75. The van der Waals surface area contributed by atoms with Crippen molar-refractivity contribution in [3.05, 3.63) is 35.9 Å². The maximum atomic E-state index is 5.87. The number of benzene rings is 1. The number of nitrogens with zero attached hydrogens (tertiary/aromatic N) is 1. The van der Waals surface area contributed by atoms with Gasteiger partial charge in [0.05, 0.1) is 6.61 Å². The molecule has 2 unspecified atom stereocenters. The molecule has 3 N–H and O–H groups in total. The number of aliphatic imine (C=N–C) groups is 1. The molecule has 1 aromatic rings. The molecule has 2 atom stereocenters. The van der Waals surface area contributed by atoms with E-state index in [-0.39, 0.29) is 6.04 Å². The Hall–Kier alpha value is -1.55. The van der Waals surface area contributed by atoms with E-state index in [9.17, 15) is 0 Å². The fourth-order valence-electron chi connectivity index (χ4n) is 1.99. The second kappa shape index (κ2) is 8.53. The first-order chi connectivity index (χ1) is 9.17. The van der Waals surface area contributed by atoms with Crippen molar-refractivity contribution in [1.29, 1.82) is 0 Å². The summed E-state index contributed by atoms with van der Waals surface area (Å²) in [4.78, 5) is 4.42. The van der Waals surface area contributed by atoms with Crippen LogP contribution in [0.25, 0.3) is 0 Å². The van der Waals surface area contributed by atoms with Crippen LogP contribution in [0.1, 0.15) is 31.7 Å². The summed E-state index contributed by atoms with van der Waals surface area (Å²) in [5, 5.41) is 3.11. The van der Waals surface area contributed by atoms with Crippen LogP contribution < -0.4 is 11.1 Å². The topological polar surface area (TPSA) is 59.6 Å². The lowest BCUT2D eigenvalue weighted by molar-refractivity contribution is 0.179. The predicted octanol–water partition coefficient (Wildman–Crippen LogP) is 2.12. The lowest BCUT2D eigenvalue weighted by atomic mass is 9.97. The molecule has 0 fully saturated rings. The fourth-order valence-corrected chi connectivity index (χ4v) is 1.99. The number of nitrogens with two attached hydrogens (primary N) is 1. The lowest BCUT2D eigenvalue weighted by Crippen LogP contribution is -2.40. The minimum absolute atomic E-state index is 0.172. The van der Waals surface area contributed by atoms with Gasteiger partial charge in [0.1, 0.15) is 0 Å². The first-order valence-electron chi connectivity index (χ1n) is 6.77. The number of methoxy groups -OCH3 is 1. The summed E-state index contributed by atoms with van der Waals surface area (Å²) in [6.07, 6.45) is 1.05. The number of ether oxygens (including phenoxy) is 1. The van der Waals surface area contributed by atoms with Crippen LogP contribution in [0.4, 0.5) is 0 Å². The van der Waals surface area contributed by atoms with Gasteiger partial charge in [-0.2, -0.15) is 0 Å². The Morgan fingerprint density at radius 3 is 2.63 bits per heavy atom. The summed E-state index contributed by atoms with van der Waals surface area (Å²) in [5.74, 6) is 0.901. The Morgan fingerprint density at radius 1 is 1.37 bits per heavy atom. The second-order valence-corrected chi connectivity index (χ2v) is 4.74. The van der Waals surface area contributed by atoms with Gasteiger partial charge in [-0.1, -0.05) is 37.3 Å². The molecule has 4 nitrogen and oxygen atoms in total. The predicted molar refractivity (Wildman–Crippen MR) is 80.4 cm³/mol. The Morgan fingerprint density at radius 2 is 2.05 bits per heavy atom. The highest BCUT2D eigenvalue weighted by atomic mass is 16.5. The summed E-state index contributed by atoms with van der Waals surface area (Å²) >= 11 is 0. The van der Waals surface area contributed by atoms with Crippen LogP contribution in [0.2, 0.25) is 0 Å². The van der Waals surface area contributed by atoms with Crippen molar-refractivity contribution in [2.75, 3.05) is 20.3 Å². The van der Waals surface area contributed by atoms with Crippen LogP contribution in [0, 0.1) is 0 Å². The first-order valence-corrected chi connectivity index (χ1v) is 6.77. The quantitative estimate of drug-likeness (QED) is 0.585. The second-order valence-electron chi connectivity index (χ2n) is 4.74. The van der Waals surface area contributed by atoms with Crippen molar-refractivity contribution in [3.63, 3.8) is 0 Å². The zero-order valence-corrected chi connectivity index (χ0v) is 12.1. The normalized spacial score (nSPS) is 15.0. The molecule has 0 heterocycles. The average Bonchev–Trinajstić information content (AvgIpc) is 2.41. The van der Waals surface area contributed by atoms with Gasteiger partial charge in [0.15, 0.2) is 5.96 Å². The summed E-state index contributed by atoms with van der Waals surface area (Å²) < 4.78 is 5.05. The van der Waals surface area contributed by atoms with E-state index in [0.29, 0.717) is 25.0 Å². The molecule has 0 aromatic heterocycles. The van der Waals surface area contributed by atoms with Crippen molar-refractivity contribution in [1.82, 2.24) is 5.32 Å². The zero-order chi connectivity index (χ0) is 14.1. The van der Waals surface area contributed by atoms with E-state index in [2.05, 4.69) is 41.5 Å². The van der Waals surface area contributed by atoms with E-state index in [1.165, 1.54) is 5.56 Å². The van der Waals surface area contributed by atoms with E-state index in [1.807, 2.05) is 13.0 Å². The molecule has 1 rings (SSSR count). The minimum Gasteiger partial charge on any atom is -0.383 e. The van der Waals surface area contributed by atoms with Crippen LogP contribution in [0.15, 0.2) is 35.3 Å². The third-order valence-corrected chi connectivity index (χ3v) is 3.06. The molecule has 0 saturated heterocycles. The SMILES string of the molecule is CCC(CN=C(N)NC(C)COC)c1ccccc1. The largest absolute Gasteiger partial charge is 0.383 e. The van der Waals surface area contributed by atoms with E-state index in [4.69, 9.17) is 10.5 Å². The summed E-state index contributed by atoms with van der Waals surface area (Å²) in [7, 11) is 1.67. The van der Waals surface area contributed by atoms with E-state index in [0.717, 1.165) is 6.42 Å². The van der Waals surface area contributed by atoms with Gasteiger partial charge in [-0.15, -0.1) is 0 Å². The molecule has 0 radical (unpaired) electrons. The number of hydrogen-bond acceptors (Lipinski definition) is 2. The Kier molecular flexibility index (Phi) is 6.97. The fraction of sp³-hybridized carbons (Fsp3) is 0.533. The van der Waals surface area contributed by atoms with E-state index in [1.54, 1.807) is 7.11 Å². The van der Waals surface area contributed by atoms with Gasteiger partial charge >= 0.3 is 0 Å². The molecular weight excluding hydrogens is 238 g/mol. The minimum atomic E-state index is 0.172. The van der Waals surface area contributed by atoms with Gasteiger partial charge < -0.3 is 15.8 Å². The summed E-state index contributed by atoms with van der Waals surface area (Å²) in [5.41, 5.74) is 7.18. The van der Waals surface area contributed by atoms with Crippen LogP contribution in [-0.2, 0) is 4.74 Å². The van der Waals surface area contributed by atoms with Crippen LogP contribution >= 0.6 is 0 Å². The number of hydrogen-bond donors (Lipinski definition) is 2. The Balaban J connectivity index is 2.52. The Bertz CT molecular complexity index is 378. The zero-order valence-electron chi connectivity index (χ0n) is 12.1. The summed E-state index contributed by atoms with van der Waals surface area (Å²) in [6, 6.07) is 10.6. The van der Waals surface area contributed by atoms with Crippen LogP contribution in [0.5, 0.6) is 0 Å². The molecule has 0 saturated carbocycles. The lowest BCUT2D eigenvalue weighted by Gasteiger charge is -2.16. The summed E-state index contributed by atoms with van der Waals surface area (Å²) in [6.45, 7) is 5.51. The first kappa shape index (κ1) is 15.5. The van der Waals surface area contributed by atoms with Gasteiger partial charge in [-0.25, -0.2) is 0 Å². The molecule has 106 valence electrons. The van der Waals surface area contributed by atoms with Crippen molar-refractivity contribution in [2.45, 2.75) is 32.2 Å². The third-order valence-electron chi connectivity index (χ3n) is 3.06. The van der Waals surface area contributed by atoms with Crippen molar-refractivity contribution in [3.8, 4) is 0 Å². The smallest absolute Gasteiger partial charge is 0.188 e. The van der Waals surface area contributed by atoms with Gasteiger partial charge in [-0.05, 0) is 18.9 Å². The molecular formula is C15H25N3O. The number of rotatable bonds is 7. The van der Waals surface area contributed by atoms with Gasteiger partial charge in [0.2, 0.25) is 0 Å². The van der Waals surface area contributed by atoms with Gasteiger partial charge in [0, 0.05) is 25.6 Å². The maximum Gasteiger partial charge on any atom is 0.188 e. The number of nitrogens with one attached hydrogen (secondary N) is 1. The van der Waals surface area contributed by atoms with Crippen molar-refractivity contribution >= 4 is 5.96 Å².